The van der Waals surface area contributed by atoms with Gasteiger partial charge in [-0.2, -0.15) is 5.26 Å². The lowest BCUT2D eigenvalue weighted by Gasteiger charge is -2.30. The van der Waals surface area contributed by atoms with Crippen LogP contribution in [0.25, 0.3) is 0 Å². The molecule has 0 unspecified atom stereocenters. The van der Waals surface area contributed by atoms with Crippen molar-refractivity contribution in [3.05, 3.63) is 12.7 Å². The van der Waals surface area contributed by atoms with Gasteiger partial charge in [0, 0.05) is 12.5 Å². The summed E-state index contributed by atoms with van der Waals surface area (Å²) in [5, 5.41) is 8.95. The van der Waals surface area contributed by atoms with Crippen LogP contribution in [0, 0.1) is 35.0 Å². The Labute approximate surface area is 130 Å². The van der Waals surface area contributed by atoms with Crippen LogP contribution in [0.2, 0.25) is 0 Å². The van der Waals surface area contributed by atoms with Crippen LogP contribution < -0.4 is 0 Å². The normalized spacial score (nSPS) is 33.3. The molecule has 0 saturated heterocycles. The minimum absolute atomic E-state index is 0.354. The Balaban J connectivity index is 1.55. The van der Waals surface area contributed by atoms with Crippen molar-refractivity contribution in [3.8, 4) is 6.07 Å². The molecule has 0 aliphatic heterocycles. The van der Waals surface area contributed by atoms with Crippen LogP contribution >= 0.6 is 0 Å². The SMILES string of the molecule is C=CCOC[C@H]1CC[C@H](CC[C@H]2CC[C@H](C#N)CC2)CC1. The van der Waals surface area contributed by atoms with E-state index in [9.17, 15) is 0 Å². The second-order valence-corrected chi connectivity index (χ2v) is 7.14. The Morgan fingerprint density at radius 3 is 1.95 bits per heavy atom. The molecule has 0 amide bonds. The summed E-state index contributed by atoms with van der Waals surface area (Å²) in [5.74, 6) is 3.00. The fourth-order valence-corrected chi connectivity index (χ4v) is 4.06. The highest BCUT2D eigenvalue weighted by atomic mass is 16.5. The van der Waals surface area contributed by atoms with Crippen LogP contribution in [0.1, 0.15) is 64.2 Å². The van der Waals surface area contributed by atoms with E-state index < -0.39 is 0 Å². The lowest BCUT2D eigenvalue weighted by molar-refractivity contribution is 0.0937. The van der Waals surface area contributed by atoms with Crippen molar-refractivity contribution < 1.29 is 4.74 Å². The van der Waals surface area contributed by atoms with Crippen molar-refractivity contribution in [3.63, 3.8) is 0 Å². The van der Waals surface area contributed by atoms with Crippen LogP contribution in [0.4, 0.5) is 0 Å². The molecule has 0 aromatic heterocycles. The number of hydrogen-bond donors (Lipinski definition) is 0. The molecule has 21 heavy (non-hydrogen) atoms. The Morgan fingerprint density at radius 2 is 1.43 bits per heavy atom. The van der Waals surface area contributed by atoms with Gasteiger partial charge in [-0.3, -0.25) is 0 Å². The highest BCUT2D eigenvalue weighted by Crippen LogP contribution is 2.36. The highest BCUT2D eigenvalue weighted by molar-refractivity contribution is 4.87. The molecule has 0 N–H and O–H groups in total. The Morgan fingerprint density at radius 1 is 0.905 bits per heavy atom. The van der Waals surface area contributed by atoms with Crippen LogP contribution in [0.5, 0.6) is 0 Å². The number of ether oxygens (including phenoxy) is 1. The zero-order chi connectivity index (χ0) is 14.9. The molecule has 0 atom stereocenters. The van der Waals surface area contributed by atoms with Gasteiger partial charge in [-0.15, -0.1) is 6.58 Å². The summed E-state index contributed by atoms with van der Waals surface area (Å²) in [6, 6.07) is 2.44. The summed E-state index contributed by atoms with van der Waals surface area (Å²) in [6.45, 7) is 5.32. The van der Waals surface area contributed by atoms with Gasteiger partial charge in [0.25, 0.3) is 0 Å². The molecule has 118 valence electrons. The standard InChI is InChI=1S/C19H31NO/c1-2-13-21-15-19-11-7-17(8-12-19)4-3-16-5-9-18(14-20)10-6-16/h2,16-19H,1,3-13,15H2/t16-,17-,18-,19-. The molecule has 0 radical (unpaired) electrons. The summed E-state index contributed by atoms with van der Waals surface area (Å²) >= 11 is 0. The van der Waals surface area contributed by atoms with Gasteiger partial charge in [-0.25, -0.2) is 0 Å². The number of nitriles is 1. The van der Waals surface area contributed by atoms with E-state index in [1.807, 2.05) is 6.08 Å². The molecular formula is C19H31NO. The summed E-state index contributed by atoms with van der Waals surface area (Å²) in [5.41, 5.74) is 0. The Bertz CT molecular complexity index is 330. The van der Waals surface area contributed by atoms with Crippen LogP contribution in [-0.2, 0) is 4.74 Å². The fourth-order valence-electron chi connectivity index (χ4n) is 4.06. The van der Waals surface area contributed by atoms with Crippen molar-refractivity contribution in [1.82, 2.24) is 0 Å². The zero-order valence-corrected chi connectivity index (χ0v) is 13.4. The maximum atomic E-state index is 8.95. The Hall–Kier alpha value is -0.810. The van der Waals surface area contributed by atoms with Gasteiger partial charge < -0.3 is 4.74 Å². The molecule has 2 rings (SSSR count). The third kappa shape index (κ3) is 5.83. The second kappa shape index (κ2) is 9.26. The van der Waals surface area contributed by atoms with E-state index in [2.05, 4.69) is 12.6 Å². The number of hydrogen-bond acceptors (Lipinski definition) is 2. The summed E-state index contributed by atoms with van der Waals surface area (Å²) in [7, 11) is 0. The predicted octanol–water partition coefficient (Wildman–Crippen LogP) is 5.11. The van der Waals surface area contributed by atoms with Crippen molar-refractivity contribution in [1.29, 1.82) is 5.26 Å². The van der Waals surface area contributed by atoms with E-state index in [1.165, 1.54) is 51.4 Å². The first-order valence-electron chi connectivity index (χ1n) is 8.90. The van der Waals surface area contributed by atoms with Gasteiger partial charge in [-0.05, 0) is 56.3 Å². The molecule has 0 spiro atoms. The maximum absolute atomic E-state index is 8.95. The van der Waals surface area contributed by atoms with Gasteiger partial charge in [0.2, 0.25) is 0 Å². The molecule has 2 heteroatoms. The third-order valence-electron chi connectivity index (χ3n) is 5.57. The molecule has 0 bridgehead atoms. The largest absolute Gasteiger partial charge is 0.377 e. The first-order chi connectivity index (χ1) is 10.3. The monoisotopic (exact) mass is 289 g/mol. The summed E-state index contributed by atoms with van der Waals surface area (Å²) in [6.07, 6.45) is 15.0. The Kier molecular flexibility index (Phi) is 7.30. The van der Waals surface area contributed by atoms with Gasteiger partial charge >= 0.3 is 0 Å². The van der Waals surface area contributed by atoms with Crippen LogP contribution in [0.15, 0.2) is 12.7 Å². The molecular weight excluding hydrogens is 258 g/mol. The van der Waals surface area contributed by atoms with Crippen LogP contribution in [0.3, 0.4) is 0 Å². The van der Waals surface area contributed by atoms with Crippen molar-refractivity contribution in [2.45, 2.75) is 64.2 Å². The van der Waals surface area contributed by atoms with Crippen LogP contribution in [-0.4, -0.2) is 13.2 Å². The summed E-state index contributed by atoms with van der Waals surface area (Å²) < 4.78 is 5.59. The van der Waals surface area contributed by atoms with E-state index in [0.717, 1.165) is 37.2 Å². The van der Waals surface area contributed by atoms with E-state index in [1.54, 1.807) is 0 Å². The average Bonchev–Trinajstić information content (AvgIpc) is 2.55. The van der Waals surface area contributed by atoms with Gasteiger partial charge in [0.15, 0.2) is 0 Å². The van der Waals surface area contributed by atoms with E-state index >= 15 is 0 Å². The van der Waals surface area contributed by atoms with Crippen molar-refractivity contribution in [2.75, 3.05) is 13.2 Å². The molecule has 2 aliphatic rings. The molecule has 0 aromatic rings. The highest BCUT2D eigenvalue weighted by Gasteiger charge is 2.24. The predicted molar refractivity (Wildman–Crippen MR) is 86.8 cm³/mol. The lowest BCUT2D eigenvalue weighted by Crippen LogP contribution is -2.20. The molecule has 2 saturated carbocycles. The fraction of sp³-hybridized carbons (Fsp3) is 0.842. The first-order valence-corrected chi connectivity index (χ1v) is 8.90. The topological polar surface area (TPSA) is 33.0 Å². The third-order valence-corrected chi connectivity index (χ3v) is 5.57. The van der Waals surface area contributed by atoms with E-state index in [0.29, 0.717) is 12.5 Å². The quantitative estimate of drug-likeness (QED) is 0.482. The van der Waals surface area contributed by atoms with Crippen molar-refractivity contribution in [2.24, 2.45) is 23.7 Å². The van der Waals surface area contributed by atoms with E-state index in [-0.39, 0.29) is 0 Å². The first kappa shape index (κ1) is 16.6. The smallest absolute Gasteiger partial charge is 0.0655 e. The minimum atomic E-state index is 0.354. The molecule has 2 aliphatic carbocycles. The molecule has 2 fully saturated rings. The van der Waals surface area contributed by atoms with Gasteiger partial charge in [0.05, 0.1) is 12.7 Å². The lowest BCUT2D eigenvalue weighted by atomic mass is 9.76. The minimum Gasteiger partial charge on any atom is -0.377 e. The second-order valence-electron chi connectivity index (χ2n) is 7.14. The van der Waals surface area contributed by atoms with Crippen molar-refractivity contribution >= 4 is 0 Å². The number of rotatable bonds is 7. The van der Waals surface area contributed by atoms with E-state index in [4.69, 9.17) is 10.00 Å². The molecule has 0 heterocycles. The summed E-state index contributed by atoms with van der Waals surface area (Å²) in [4.78, 5) is 0. The van der Waals surface area contributed by atoms with Gasteiger partial charge in [-0.1, -0.05) is 31.8 Å². The number of nitrogens with zero attached hydrogens (tertiary/aromatic N) is 1. The average molecular weight is 289 g/mol. The molecule has 0 aromatic carbocycles. The maximum Gasteiger partial charge on any atom is 0.0655 e. The molecule has 2 nitrogen and oxygen atoms in total. The zero-order valence-electron chi connectivity index (χ0n) is 13.4. The van der Waals surface area contributed by atoms with Gasteiger partial charge in [0.1, 0.15) is 0 Å².